The van der Waals surface area contributed by atoms with Gasteiger partial charge in [-0.1, -0.05) is 12.1 Å². The zero-order valence-corrected chi connectivity index (χ0v) is 13.1. The lowest BCUT2D eigenvalue weighted by atomic mass is 10.1. The first-order chi connectivity index (χ1) is 10.2. The maximum Gasteiger partial charge on any atom is 0.165 e. The van der Waals surface area contributed by atoms with Gasteiger partial charge in [-0.15, -0.1) is 10.2 Å². The lowest BCUT2D eigenvalue weighted by Gasteiger charge is -2.11. The molecule has 0 aliphatic carbocycles. The Labute approximate surface area is 131 Å². The first-order valence-electron chi connectivity index (χ1n) is 6.52. The van der Waals surface area contributed by atoms with Crippen LogP contribution in [-0.2, 0) is 13.6 Å². The van der Waals surface area contributed by atoms with Crippen LogP contribution in [0.25, 0.3) is 11.4 Å². The van der Waals surface area contributed by atoms with Crippen molar-refractivity contribution < 1.29 is 0 Å². The highest BCUT2D eigenvalue weighted by Gasteiger charge is 2.09. The maximum absolute atomic E-state index is 4.36. The molecule has 0 radical (unpaired) electrons. The summed E-state index contributed by atoms with van der Waals surface area (Å²) in [4.78, 5) is 4.36. The minimum absolute atomic E-state index is 0.655. The molecule has 0 saturated carbocycles. The minimum atomic E-state index is 0.655. The lowest BCUT2D eigenvalue weighted by Crippen LogP contribution is -2.03. The van der Waals surface area contributed by atoms with Crippen LogP contribution in [-0.4, -0.2) is 19.7 Å². The number of hydrogen-bond acceptors (Lipinski definition) is 4. The maximum atomic E-state index is 4.36. The second-order valence-corrected chi connectivity index (χ2v) is 5.55. The van der Waals surface area contributed by atoms with Crippen molar-refractivity contribution in [3.05, 3.63) is 59.1 Å². The number of aryl methyl sites for hydroxylation is 1. The van der Waals surface area contributed by atoms with Gasteiger partial charge in [-0.2, -0.15) is 0 Å². The van der Waals surface area contributed by atoms with Crippen LogP contribution < -0.4 is 5.32 Å². The fourth-order valence-electron chi connectivity index (χ4n) is 2.06. The molecular weight excluding hydrogens is 330 g/mol. The fraction of sp³-hybridized carbons (Fsp3) is 0.133. The molecule has 6 heteroatoms. The van der Waals surface area contributed by atoms with Crippen LogP contribution in [0.2, 0.25) is 0 Å². The second kappa shape index (κ2) is 6.05. The van der Waals surface area contributed by atoms with Crippen LogP contribution >= 0.6 is 15.9 Å². The van der Waals surface area contributed by atoms with Crippen molar-refractivity contribution in [2.24, 2.45) is 7.05 Å². The summed E-state index contributed by atoms with van der Waals surface area (Å²) in [5.41, 5.74) is 3.01. The Morgan fingerprint density at radius 1 is 1.19 bits per heavy atom. The number of nitrogens with zero attached hydrogens (tertiary/aromatic N) is 4. The molecule has 0 aliphatic rings. The van der Waals surface area contributed by atoms with Gasteiger partial charge in [0.2, 0.25) is 0 Å². The molecule has 0 spiro atoms. The topological polar surface area (TPSA) is 55.6 Å². The van der Waals surface area contributed by atoms with Gasteiger partial charge in [0.05, 0.1) is 12.2 Å². The van der Waals surface area contributed by atoms with Crippen LogP contribution in [0.3, 0.4) is 0 Å². The predicted molar refractivity (Wildman–Crippen MR) is 85.7 cm³/mol. The zero-order valence-electron chi connectivity index (χ0n) is 11.5. The largest absolute Gasteiger partial charge is 0.379 e. The van der Waals surface area contributed by atoms with Crippen LogP contribution in [0.5, 0.6) is 0 Å². The van der Waals surface area contributed by atoms with E-state index in [2.05, 4.69) is 36.4 Å². The number of hydrogen-bond donors (Lipinski definition) is 1. The summed E-state index contributed by atoms with van der Waals surface area (Å²) in [5.74, 6) is 0.835. The summed E-state index contributed by atoms with van der Waals surface area (Å²) in [5, 5.41) is 11.5. The molecule has 1 N–H and O–H groups in total. The summed E-state index contributed by atoms with van der Waals surface area (Å²) in [6.07, 6.45) is 3.49. The van der Waals surface area contributed by atoms with Crippen LogP contribution in [0.1, 0.15) is 5.69 Å². The third-order valence-electron chi connectivity index (χ3n) is 3.13. The summed E-state index contributed by atoms with van der Waals surface area (Å²) >= 11 is 3.39. The van der Waals surface area contributed by atoms with Gasteiger partial charge < -0.3 is 9.88 Å². The van der Waals surface area contributed by atoms with Crippen molar-refractivity contribution in [1.29, 1.82) is 0 Å². The van der Waals surface area contributed by atoms with Crippen molar-refractivity contribution in [1.82, 2.24) is 19.7 Å². The number of rotatable bonds is 4. The van der Waals surface area contributed by atoms with E-state index in [-0.39, 0.29) is 0 Å². The molecule has 106 valence electrons. The van der Waals surface area contributed by atoms with E-state index in [9.17, 15) is 0 Å². The van der Waals surface area contributed by atoms with E-state index in [0.717, 1.165) is 27.2 Å². The van der Waals surface area contributed by atoms with E-state index in [1.165, 1.54) is 0 Å². The highest BCUT2D eigenvalue weighted by atomic mass is 79.9. The van der Waals surface area contributed by atoms with E-state index in [0.29, 0.717) is 6.54 Å². The number of benzene rings is 1. The van der Waals surface area contributed by atoms with Gasteiger partial charge in [0, 0.05) is 29.0 Å². The smallest absolute Gasteiger partial charge is 0.165 e. The first-order valence-corrected chi connectivity index (χ1v) is 7.31. The second-order valence-electron chi connectivity index (χ2n) is 4.63. The molecule has 2 aromatic heterocycles. The van der Waals surface area contributed by atoms with Gasteiger partial charge in [0.1, 0.15) is 6.33 Å². The van der Waals surface area contributed by atoms with Crippen LogP contribution in [0.15, 0.2) is 53.4 Å². The predicted octanol–water partition coefficient (Wildman–Crippen LogP) is 3.25. The molecule has 0 bridgehead atoms. The van der Waals surface area contributed by atoms with E-state index >= 15 is 0 Å². The molecule has 2 heterocycles. The molecule has 3 aromatic rings. The number of halogens is 1. The fourth-order valence-corrected chi connectivity index (χ4v) is 2.29. The lowest BCUT2D eigenvalue weighted by molar-refractivity contribution is 0.919. The van der Waals surface area contributed by atoms with E-state index < -0.39 is 0 Å². The third kappa shape index (κ3) is 3.11. The van der Waals surface area contributed by atoms with Gasteiger partial charge in [-0.3, -0.25) is 4.98 Å². The van der Waals surface area contributed by atoms with Crippen LogP contribution in [0.4, 0.5) is 5.69 Å². The number of pyridine rings is 1. The number of aromatic nitrogens is 4. The third-order valence-corrected chi connectivity index (χ3v) is 3.60. The molecule has 0 aliphatic heterocycles. The molecule has 0 atom stereocenters. The van der Waals surface area contributed by atoms with Gasteiger partial charge >= 0.3 is 0 Å². The number of anilines is 1. The van der Waals surface area contributed by atoms with Crippen molar-refractivity contribution in [3.63, 3.8) is 0 Å². The monoisotopic (exact) mass is 343 g/mol. The molecule has 0 amide bonds. The molecule has 1 aromatic carbocycles. The van der Waals surface area contributed by atoms with Gasteiger partial charge in [-0.25, -0.2) is 0 Å². The Morgan fingerprint density at radius 2 is 2.05 bits per heavy atom. The normalized spacial score (nSPS) is 10.6. The average Bonchev–Trinajstić information content (AvgIpc) is 2.93. The first kappa shape index (κ1) is 13.8. The molecule has 5 nitrogen and oxygen atoms in total. The standard InChI is InChI=1S/C15H14BrN5/c1-21-10-19-20-15(21)13-4-2-3-5-14(13)18-9-12-7-6-11(16)8-17-12/h2-8,10,18H,9H2,1H3. The highest BCUT2D eigenvalue weighted by molar-refractivity contribution is 9.10. The number of para-hydroxylation sites is 1. The highest BCUT2D eigenvalue weighted by Crippen LogP contribution is 2.25. The Morgan fingerprint density at radius 3 is 2.76 bits per heavy atom. The van der Waals surface area contributed by atoms with E-state index in [4.69, 9.17) is 0 Å². The van der Waals surface area contributed by atoms with Crippen molar-refractivity contribution >= 4 is 21.6 Å². The minimum Gasteiger partial charge on any atom is -0.379 e. The quantitative estimate of drug-likeness (QED) is 0.789. The van der Waals surface area contributed by atoms with Crippen molar-refractivity contribution in [2.75, 3.05) is 5.32 Å². The molecule has 0 fully saturated rings. The Hall–Kier alpha value is -2.21. The van der Waals surface area contributed by atoms with E-state index in [1.54, 1.807) is 12.5 Å². The van der Waals surface area contributed by atoms with Gasteiger partial charge in [0.25, 0.3) is 0 Å². The van der Waals surface area contributed by atoms with Crippen molar-refractivity contribution in [3.8, 4) is 11.4 Å². The van der Waals surface area contributed by atoms with Crippen LogP contribution in [0, 0.1) is 0 Å². The SMILES string of the molecule is Cn1cnnc1-c1ccccc1NCc1ccc(Br)cn1. The molecule has 0 unspecified atom stereocenters. The van der Waals surface area contributed by atoms with Gasteiger partial charge in [0.15, 0.2) is 5.82 Å². The van der Waals surface area contributed by atoms with Crippen molar-refractivity contribution in [2.45, 2.75) is 6.54 Å². The summed E-state index contributed by atoms with van der Waals surface area (Å²) < 4.78 is 2.88. The Balaban J connectivity index is 1.83. The summed E-state index contributed by atoms with van der Waals surface area (Å²) in [6.45, 7) is 0.655. The molecule has 21 heavy (non-hydrogen) atoms. The molecule has 3 rings (SSSR count). The summed E-state index contributed by atoms with van der Waals surface area (Å²) in [6, 6.07) is 12.0. The average molecular weight is 344 g/mol. The van der Waals surface area contributed by atoms with Gasteiger partial charge in [-0.05, 0) is 40.2 Å². The molecular formula is C15H14BrN5. The van der Waals surface area contributed by atoms with E-state index in [1.807, 2.05) is 48.0 Å². The summed E-state index contributed by atoms with van der Waals surface area (Å²) in [7, 11) is 1.93. The Bertz CT molecular complexity index is 736. The number of nitrogens with one attached hydrogen (secondary N) is 1. The molecule has 0 saturated heterocycles. The zero-order chi connectivity index (χ0) is 14.7. The Kier molecular flexibility index (Phi) is 3.96.